The van der Waals surface area contributed by atoms with Crippen LogP contribution in [-0.4, -0.2) is 47.0 Å². The summed E-state index contributed by atoms with van der Waals surface area (Å²) in [7, 11) is 3.70. The minimum Gasteiger partial charge on any atom is -0.459 e. The Morgan fingerprint density at radius 3 is 2.64 bits per heavy atom. The van der Waals surface area contributed by atoms with Gasteiger partial charge in [-0.05, 0) is 45.1 Å². The first-order valence-corrected chi connectivity index (χ1v) is 10.5. The van der Waals surface area contributed by atoms with Crippen LogP contribution in [0.1, 0.15) is 47.5 Å². The van der Waals surface area contributed by atoms with Crippen LogP contribution in [0, 0.1) is 0 Å². The molecule has 1 aliphatic carbocycles. The lowest BCUT2D eigenvalue weighted by Gasteiger charge is -2.14. The Morgan fingerprint density at radius 1 is 1.32 bits per heavy atom. The van der Waals surface area contributed by atoms with Crippen molar-refractivity contribution in [3.8, 4) is 0 Å². The van der Waals surface area contributed by atoms with Crippen LogP contribution in [0.4, 0.5) is 5.00 Å². The van der Waals surface area contributed by atoms with Gasteiger partial charge in [0.2, 0.25) is 5.91 Å². The molecule has 0 radical (unpaired) electrons. The summed E-state index contributed by atoms with van der Waals surface area (Å²) in [5, 5.41) is 3.51. The maximum absolute atomic E-state index is 12.5. The van der Waals surface area contributed by atoms with Gasteiger partial charge in [-0.2, -0.15) is 0 Å². The molecule has 1 aromatic heterocycles. The van der Waals surface area contributed by atoms with Crippen LogP contribution in [0.2, 0.25) is 0 Å². The van der Waals surface area contributed by atoms with Crippen molar-refractivity contribution in [2.24, 2.45) is 0 Å². The van der Waals surface area contributed by atoms with Crippen molar-refractivity contribution in [1.29, 1.82) is 0 Å². The maximum atomic E-state index is 12.5. The molecule has 0 unspecified atom stereocenters. The van der Waals surface area contributed by atoms with Crippen LogP contribution in [-0.2, 0) is 22.4 Å². The Labute approximate surface area is 162 Å². The van der Waals surface area contributed by atoms with Gasteiger partial charge in [-0.25, -0.2) is 4.79 Å². The zero-order valence-electron chi connectivity index (χ0n) is 15.0. The van der Waals surface area contributed by atoms with Crippen molar-refractivity contribution in [1.82, 2.24) is 4.90 Å². The summed E-state index contributed by atoms with van der Waals surface area (Å²) in [6, 6.07) is 0. The predicted octanol–water partition coefficient (Wildman–Crippen LogP) is 3.71. The molecule has 0 spiro atoms. The van der Waals surface area contributed by atoms with E-state index in [-0.39, 0.29) is 23.7 Å². The minimum absolute atomic E-state index is 0.161. The number of anilines is 1. The number of hydrogen-bond acceptors (Lipinski definition) is 6. The Bertz CT molecular complexity index is 668. The lowest BCUT2D eigenvalue weighted by Crippen LogP contribution is -2.21. The van der Waals surface area contributed by atoms with E-state index >= 15 is 0 Å². The van der Waals surface area contributed by atoms with E-state index in [2.05, 4.69) is 5.32 Å². The lowest BCUT2D eigenvalue weighted by molar-refractivity contribution is -0.113. The molecule has 0 saturated carbocycles. The number of nitrogens with one attached hydrogen (secondary N) is 1. The quantitative estimate of drug-likeness (QED) is 0.601. The third-order valence-corrected chi connectivity index (χ3v) is 6.61. The molecule has 138 valence electrons. The zero-order chi connectivity index (χ0) is 18.6. The second kappa shape index (κ2) is 9.00. The summed E-state index contributed by atoms with van der Waals surface area (Å²) < 4.78 is 6.05. The van der Waals surface area contributed by atoms with Crippen molar-refractivity contribution >= 4 is 56.5 Å². The van der Waals surface area contributed by atoms with Crippen LogP contribution in [0.25, 0.3) is 0 Å². The summed E-state index contributed by atoms with van der Waals surface area (Å²) in [6.07, 6.45) is 3.81. The van der Waals surface area contributed by atoms with Gasteiger partial charge >= 0.3 is 5.97 Å². The molecule has 1 N–H and O–H groups in total. The summed E-state index contributed by atoms with van der Waals surface area (Å²) in [5.74, 6) is -0.286. The van der Waals surface area contributed by atoms with E-state index in [1.54, 1.807) is 4.90 Å². The maximum Gasteiger partial charge on any atom is 0.341 e. The molecule has 0 bridgehead atoms. The first kappa shape index (κ1) is 20.2. The SMILES string of the molecule is CC(C)OC(=O)c1c(NC(=O)CSC(=S)N(C)C)sc2c1CCCC2. The van der Waals surface area contributed by atoms with Crippen LogP contribution in [0.3, 0.4) is 0 Å². The fourth-order valence-electron chi connectivity index (χ4n) is 2.56. The second-order valence-corrected chi connectivity index (χ2v) is 9.08. The molecule has 0 fully saturated rings. The number of fused-ring (bicyclic) bond motifs is 1. The summed E-state index contributed by atoms with van der Waals surface area (Å²) in [4.78, 5) is 27.8. The average Bonchev–Trinajstić information content (AvgIpc) is 2.89. The Morgan fingerprint density at radius 2 is 2.00 bits per heavy atom. The minimum atomic E-state index is -0.346. The van der Waals surface area contributed by atoms with E-state index in [0.29, 0.717) is 14.9 Å². The van der Waals surface area contributed by atoms with E-state index in [1.807, 2.05) is 27.9 Å². The van der Waals surface area contributed by atoms with Crippen LogP contribution in [0.5, 0.6) is 0 Å². The molecule has 0 aliphatic heterocycles. The van der Waals surface area contributed by atoms with Crippen molar-refractivity contribution in [3.05, 3.63) is 16.0 Å². The molecule has 0 saturated heterocycles. The van der Waals surface area contributed by atoms with E-state index in [4.69, 9.17) is 17.0 Å². The van der Waals surface area contributed by atoms with E-state index < -0.39 is 0 Å². The molecule has 0 atom stereocenters. The highest BCUT2D eigenvalue weighted by molar-refractivity contribution is 8.23. The number of ether oxygens (including phenoxy) is 1. The molecule has 2 rings (SSSR count). The number of thiophene rings is 1. The van der Waals surface area contributed by atoms with E-state index in [9.17, 15) is 9.59 Å². The van der Waals surface area contributed by atoms with Crippen molar-refractivity contribution in [2.75, 3.05) is 25.2 Å². The number of esters is 1. The lowest BCUT2D eigenvalue weighted by atomic mass is 9.95. The monoisotopic (exact) mass is 400 g/mol. The molecule has 1 amide bonds. The van der Waals surface area contributed by atoms with E-state index in [0.717, 1.165) is 31.2 Å². The van der Waals surface area contributed by atoms with Crippen LogP contribution in [0.15, 0.2) is 0 Å². The molecule has 1 aliphatic rings. The highest BCUT2D eigenvalue weighted by Crippen LogP contribution is 2.38. The number of carbonyl (C=O) groups excluding carboxylic acids is 2. The fraction of sp³-hybridized carbons (Fsp3) is 0.588. The third-order valence-electron chi connectivity index (χ3n) is 3.66. The van der Waals surface area contributed by atoms with Gasteiger partial charge in [-0.3, -0.25) is 4.79 Å². The number of hydrogen-bond donors (Lipinski definition) is 1. The van der Waals surface area contributed by atoms with Gasteiger partial charge in [0.25, 0.3) is 0 Å². The number of thioether (sulfide) groups is 1. The molecular weight excluding hydrogens is 376 g/mol. The number of nitrogens with zero attached hydrogens (tertiary/aromatic N) is 1. The van der Waals surface area contributed by atoms with Gasteiger partial charge in [-0.15, -0.1) is 11.3 Å². The number of thiocarbonyl (C=S) groups is 1. The molecule has 8 heteroatoms. The number of aryl methyl sites for hydroxylation is 1. The normalized spacial score (nSPS) is 13.3. The molecule has 0 aromatic carbocycles. The van der Waals surface area contributed by atoms with Gasteiger partial charge in [0.1, 0.15) is 9.32 Å². The standard InChI is InChI=1S/C17H24N2O3S3/c1-10(2)22-16(21)14-11-7-5-6-8-12(11)25-15(14)18-13(20)9-24-17(23)19(3)4/h10H,5-9H2,1-4H3,(H,18,20). The summed E-state index contributed by atoms with van der Waals surface area (Å²) in [5.41, 5.74) is 1.59. The molecular formula is C17H24N2O3S3. The zero-order valence-corrected chi connectivity index (χ0v) is 17.5. The summed E-state index contributed by atoms with van der Waals surface area (Å²) in [6.45, 7) is 3.65. The number of amides is 1. The highest BCUT2D eigenvalue weighted by atomic mass is 32.2. The van der Waals surface area contributed by atoms with Crippen molar-refractivity contribution in [3.63, 3.8) is 0 Å². The predicted molar refractivity (Wildman–Crippen MR) is 109 cm³/mol. The van der Waals surface area contributed by atoms with Crippen LogP contribution < -0.4 is 5.32 Å². The number of carbonyl (C=O) groups is 2. The second-order valence-electron chi connectivity index (χ2n) is 6.37. The molecule has 1 heterocycles. The first-order chi connectivity index (χ1) is 11.8. The van der Waals surface area contributed by atoms with Gasteiger partial charge < -0.3 is 15.0 Å². The molecule has 5 nitrogen and oxygen atoms in total. The smallest absolute Gasteiger partial charge is 0.341 e. The Balaban J connectivity index is 2.16. The Hall–Kier alpha value is -1.12. The van der Waals surface area contributed by atoms with Gasteiger partial charge in [0, 0.05) is 19.0 Å². The van der Waals surface area contributed by atoms with Crippen molar-refractivity contribution < 1.29 is 14.3 Å². The topological polar surface area (TPSA) is 58.6 Å². The number of rotatable bonds is 5. The molecule has 1 aromatic rings. The van der Waals surface area contributed by atoms with Gasteiger partial charge in [0.05, 0.1) is 17.4 Å². The Kier molecular flexibility index (Phi) is 7.27. The highest BCUT2D eigenvalue weighted by Gasteiger charge is 2.27. The average molecular weight is 401 g/mol. The third kappa shape index (κ3) is 5.43. The van der Waals surface area contributed by atoms with E-state index in [1.165, 1.54) is 28.0 Å². The van der Waals surface area contributed by atoms with Crippen molar-refractivity contribution in [2.45, 2.75) is 45.6 Å². The largest absolute Gasteiger partial charge is 0.459 e. The first-order valence-electron chi connectivity index (χ1n) is 8.29. The van der Waals surface area contributed by atoms with Crippen LogP contribution >= 0.6 is 35.3 Å². The van der Waals surface area contributed by atoms with Gasteiger partial charge in [0.15, 0.2) is 0 Å². The summed E-state index contributed by atoms with van der Waals surface area (Å²) >= 11 is 7.99. The van der Waals surface area contributed by atoms with Gasteiger partial charge in [-0.1, -0.05) is 24.0 Å². The molecule has 25 heavy (non-hydrogen) atoms. The fourth-order valence-corrected chi connectivity index (χ4v) is 4.62.